The fraction of sp³-hybridized carbons (Fsp3) is 0.256. The summed E-state index contributed by atoms with van der Waals surface area (Å²) in [7, 11) is 0. The number of benzene rings is 4. The summed E-state index contributed by atoms with van der Waals surface area (Å²) >= 11 is 1.34. The maximum Gasteiger partial charge on any atom is 0.338 e. The average molecular weight is 761 g/mol. The number of pyridine rings is 1. The van der Waals surface area contributed by atoms with Crippen LogP contribution >= 0.6 is 11.8 Å². The second-order valence-electron chi connectivity index (χ2n) is 13.3. The molecule has 3 unspecified atom stereocenters. The Hall–Kier alpha value is -5.53. The summed E-state index contributed by atoms with van der Waals surface area (Å²) in [5, 5.41) is 25.5. The number of rotatable bonds is 16. The number of carbonyl (C=O) groups is 3. The molecule has 1 aliphatic heterocycles. The number of amides is 2. The summed E-state index contributed by atoms with van der Waals surface area (Å²) in [5.41, 5.74) is 12.6. The molecule has 0 bridgehead atoms. The molecule has 4 aromatic carbocycles. The number of carboxylic acids is 1. The summed E-state index contributed by atoms with van der Waals surface area (Å²) in [4.78, 5) is 41.0. The molecule has 2 heterocycles. The number of hydrogen-bond donors (Lipinski definition) is 5. The molecule has 55 heavy (non-hydrogen) atoms. The van der Waals surface area contributed by atoms with Gasteiger partial charge in [-0.2, -0.15) is 0 Å². The molecule has 0 spiro atoms. The van der Waals surface area contributed by atoms with Gasteiger partial charge in [0, 0.05) is 43.3 Å². The highest BCUT2D eigenvalue weighted by molar-refractivity contribution is 7.99. The highest BCUT2D eigenvalue weighted by Gasteiger charge is 2.33. The number of nitrogens with two attached hydrogens (primary N) is 1. The van der Waals surface area contributed by atoms with Gasteiger partial charge in [0.05, 0.1) is 35.8 Å². The van der Waals surface area contributed by atoms with E-state index in [1.807, 2.05) is 78.9 Å². The molecule has 1 fully saturated rings. The van der Waals surface area contributed by atoms with E-state index < -0.39 is 12.3 Å². The van der Waals surface area contributed by atoms with Crippen LogP contribution in [0.25, 0.3) is 11.1 Å². The first-order valence-corrected chi connectivity index (χ1v) is 19.2. The molecule has 0 saturated carbocycles. The summed E-state index contributed by atoms with van der Waals surface area (Å²) in [5.74, 6) is -0.780. The molecule has 0 aliphatic carbocycles. The lowest BCUT2D eigenvalue weighted by Gasteiger charge is -2.36. The molecule has 1 aromatic heterocycles. The van der Waals surface area contributed by atoms with Crippen LogP contribution in [0.3, 0.4) is 0 Å². The molecule has 5 aromatic rings. The lowest BCUT2D eigenvalue weighted by Crippen LogP contribution is -2.31. The first kappa shape index (κ1) is 39.2. The van der Waals surface area contributed by atoms with Crippen molar-refractivity contribution in [2.24, 2.45) is 0 Å². The number of hydrogen-bond acceptors (Lipinski definition) is 9. The van der Waals surface area contributed by atoms with Crippen LogP contribution in [0.4, 0.5) is 11.4 Å². The van der Waals surface area contributed by atoms with Crippen molar-refractivity contribution in [3.63, 3.8) is 0 Å². The zero-order valence-electron chi connectivity index (χ0n) is 30.2. The Morgan fingerprint density at radius 1 is 0.800 bits per heavy atom. The standard InChI is InChI=1S/C43H44N4O7S/c44-36-13-1-2-14-37(36)47-40(50)16-4-3-15-39(49)46-25-29-8-5-9-31(22-29)32-10-6-11-33(23-32)43-53-34(27-55-41-35(42(51)52)12-7-21-45-41)24-38(54-43)30-19-17-28(26-48)18-20-30/h1-2,5-14,17-23,34,38,43,48H,3-4,15-16,24-27,44H2,(H,46,49)(H,47,50)(H,51,52). The summed E-state index contributed by atoms with van der Waals surface area (Å²) in [6, 6.07) is 33.8. The number of carboxylic acid groups (broad SMARTS) is 1. The molecule has 1 aliphatic rings. The topological polar surface area (TPSA) is 173 Å². The van der Waals surface area contributed by atoms with Gasteiger partial charge in [0.1, 0.15) is 5.03 Å². The Morgan fingerprint density at radius 3 is 2.31 bits per heavy atom. The van der Waals surface area contributed by atoms with E-state index in [1.165, 1.54) is 11.8 Å². The highest BCUT2D eigenvalue weighted by Crippen LogP contribution is 2.40. The second-order valence-corrected chi connectivity index (χ2v) is 14.3. The van der Waals surface area contributed by atoms with Crippen LogP contribution in [-0.4, -0.2) is 44.8 Å². The lowest BCUT2D eigenvalue weighted by atomic mass is 9.99. The quantitative estimate of drug-likeness (QED) is 0.0382. The predicted molar refractivity (Wildman–Crippen MR) is 212 cm³/mol. The van der Waals surface area contributed by atoms with Gasteiger partial charge >= 0.3 is 5.97 Å². The van der Waals surface area contributed by atoms with Crippen molar-refractivity contribution in [3.8, 4) is 11.1 Å². The van der Waals surface area contributed by atoms with Crippen LogP contribution in [-0.2, 0) is 32.2 Å². The maximum atomic E-state index is 12.6. The number of carbonyl (C=O) groups excluding carboxylic acids is 2. The Morgan fingerprint density at radius 2 is 1.55 bits per heavy atom. The number of para-hydroxylation sites is 2. The van der Waals surface area contributed by atoms with Crippen LogP contribution in [0.2, 0.25) is 0 Å². The Labute approximate surface area is 324 Å². The summed E-state index contributed by atoms with van der Waals surface area (Å²) < 4.78 is 13.1. The Kier molecular flexibility index (Phi) is 13.7. The first-order chi connectivity index (χ1) is 26.7. The van der Waals surface area contributed by atoms with Crippen LogP contribution in [0.5, 0.6) is 0 Å². The minimum absolute atomic E-state index is 0.0544. The fourth-order valence-electron chi connectivity index (χ4n) is 6.27. The van der Waals surface area contributed by atoms with Crippen LogP contribution < -0.4 is 16.4 Å². The normalized spacial score (nSPS) is 16.6. The van der Waals surface area contributed by atoms with Crippen molar-refractivity contribution in [1.29, 1.82) is 0 Å². The predicted octanol–water partition coefficient (Wildman–Crippen LogP) is 7.67. The van der Waals surface area contributed by atoms with Crippen LogP contribution in [0.15, 0.2) is 120 Å². The molecule has 1 saturated heterocycles. The Balaban J connectivity index is 1.07. The number of aliphatic hydroxyl groups is 1. The van der Waals surface area contributed by atoms with E-state index in [0.717, 1.165) is 33.4 Å². The van der Waals surface area contributed by atoms with Crippen molar-refractivity contribution < 1.29 is 34.1 Å². The van der Waals surface area contributed by atoms with Gasteiger partial charge < -0.3 is 36.1 Å². The second kappa shape index (κ2) is 19.2. The maximum absolute atomic E-state index is 12.6. The fourth-order valence-corrected chi connectivity index (χ4v) is 7.28. The van der Waals surface area contributed by atoms with Crippen molar-refractivity contribution in [2.45, 2.75) is 68.8 Å². The summed E-state index contributed by atoms with van der Waals surface area (Å²) in [6.07, 6.45) is 2.63. The molecule has 0 radical (unpaired) electrons. The SMILES string of the molecule is Nc1ccccc1NC(=O)CCCCC(=O)NCc1cccc(-c2cccc(C3OC(CSc4ncccc4C(=O)O)CC(c4ccc(CO)cc4)O3)c2)c1. The van der Waals surface area contributed by atoms with E-state index in [4.69, 9.17) is 15.2 Å². The van der Waals surface area contributed by atoms with E-state index in [9.17, 15) is 24.6 Å². The number of aromatic carboxylic acids is 1. The molecule has 12 heteroatoms. The molecule has 6 N–H and O–H groups in total. The van der Waals surface area contributed by atoms with Gasteiger partial charge in [0.25, 0.3) is 0 Å². The van der Waals surface area contributed by atoms with E-state index in [-0.39, 0.29) is 36.2 Å². The zero-order valence-corrected chi connectivity index (χ0v) is 31.0. The van der Waals surface area contributed by atoms with Crippen LogP contribution in [0.1, 0.15) is 77.1 Å². The van der Waals surface area contributed by atoms with Gasteiger partial charge in [-0.3, -0.25) is 9.59 Å². The third-order valence-corrected chi connectivity index (χ3v) is 10.4. The number of unbranched alkanes of at least 4 members (excludes halogenated alkanes) is 1. The number of nitrogens with zero attached hydrogens (tertiary/aromatic N) is 1. The monoisotopic (exact) mass is 760 g/mol. The van der Waals surface area contributed by atoms with E-state index in [2.05, 4.69) is 15.6 Å². The summed E-state index contributed by atoms with van der Waals surface area (Å²) in [6.45, 7) is 0.312. The number of aromatic nitrogens is 1. The van der Waals surface area contributed by atoms with Gasteiger partial charge in [0.2, 0.25) is 11.8 Å². The van der Waals surface area contributed by atoms with E-state index in [0.29, 0.717) is 60.8 Å². The van der Waals surface area contributed by atoms with Crippen molar-refractivity contribution in [3.05, 3.63) is 143 Å². The number of aliphatic hydroxyl groups excluding tert-OH is 1. The van der Waals surface area contributed by atoms with Crippen molar-refractivity contribution >= 4 is 40.9 Å². The number of nitrogen functional groups attached to an aromatic ring is 1. The average Bonchev–Trinajstić information content (AvgIpc) is 3.22. The third kappa shape index (κ3) is 11.0. The van der Waals surface area contributed by atoms with Gasteiger partial charge in [0.15, 0.2) is 6.29 Å². The van der Waals surface area contributed by atoms with E-state index in [1.54, 1.807) is 36.5 Å². The Bertz CT molecular complexity index is 2090. The van der Waals surface area contributed by atoms with Gasteiger partial charge in [-0.15, -0.1) is 11.8 Å². The van der Waals surface area contributed by atoms with E-state index >= 15 is 0 Å². The minimum Gasteiger partial charge on any atom is -0.478 e. The number of thioether (sulfide) groups is 1. The van der Waals surface area contributed by atoms with Crippen LogP contribution in [0, 0.1) is 0 Å². The third-order valence-electron chi connectivity index (χ3n) is 9.22. The molecular weight excluding hydrogens is 717 g/mol. The smallest absolute Gasteiger partial charge is 0.338 e. The molecule has 11 nitrogen and oxygen atoms in total. The largest absolute Gasteiger partial charge is 0.478 e. The van der Waals surface area contributed by atoms with Gasteiger partial charge in [-0.05, 0) is 77.1 Å². The van der Waals surface area contributed by atoms with Crippen molar-refractivity contribution in [1.82, 2.24) is 10.3 Å². The number of anilines is 2. The molecule has 2 amide bonds. The lowest BCUT2D eigenvalue weighted by molar-refractivity contribution is -0.245. The number of nitrogens with one attached hydrogen (secondary N) is 2. The van der Waals surface area contributed by atoms with Crippen molar-refractivity contribution in [2.75, 3.05) is 16.8 Å². The molecular formula is C43H44N4O7S. The zero-order chi connectivity index (χ0) is 38.6. The van der Waals surface area contributed by atoms with Gasteiger partial charge in [-0.1, -0.05) is 72.8 Å². The molecule has 3 atom stereocenters. The number of ether oxygens (including phenoxy) is 2. The molecule has 6 rings (SSSR count). The minimum atomic E-state index is -1.03. The first-order valence-electron chi connectivity index (χ1n) is 18.2. The molecule has 284 valence electrons. The highest BCUT2D eigenvalue weighted by atomic mass is 32.2. The van der Waals surface area contributed by atoms with Gasteiger partial charge in [-0.25, -0.2) is 9.78 Å².